The van der Waals surface area contributed by atoms with Crippen molar-refractivity contribution in [1.29, 1.82) is 0 Å². The van der Waals surface area contributed by atoms with E-state index in [9.17, 15) is 0 Å². The highest BCUT2D eigenvalue weighted by molar-refractivity contribution is 5.18. The van der Waals surface area contributed by atoms with Crippen LogP contribution in [-0.2, 0) is 13.0 Å². The van der Waals surface area contributed by atoms with Crippen LogP contribution in [-0.4, -0.2) is 28.2 Å². The zero-order chi connectivity index (χ0) is 15.1. The second kappa shape index (κ2) is 7.93. The third-order valence-electron chi connectivity index (χ3n) is 3.86. The van der Waals surface area contributed by atoms with Crippen LogP contribution in [0, 0.1) is 0 Å². The van der Waals surface area contributed by atoms with Crippen LogP contribution >= 0.6 is 0 Å². The summed E-state index contributed by atoms with van der Waals surface area (Å²) in [6, 6.07) is 10.7. The van der Waals surface area contributed by atoms with Crippen molar-refractivity contribution in [2.75, 3.05) is 13.1 Å². The fourth-order valence-corrected chi connectivity index (χ4v) is 2.36. The number of benzene rings is 1. The average molecular weight is 287 g/mol. The van der Waals surface area contributed by atoms with Gasteiger partial charge in [0.05, 0.1) is 6.54 Å². The molecule has 0 bridgehead atoms. The van der Waals surface area contributed by atoms with Crippen LogP contribution in [0.25, 0.3) is 0 Å². The summed E-state index contributed by atoms with van der Waals surface area (Å²) in [7, 11) is 0. The Hall–Kier alpha value is -1.68. The van der Waals surface area contributed by atoms with Crippen LogP contribution in [0.1, 0.15) is 50.5 Å². The molecule has 1 heterocycles. The highest BCUT2D eigenvalue weighted by atomic mass is 16.4. The second-order valence-electron chi connectivity index (χ2n) is 5.41. The molecule has 0 amide bonds. The third kappa shape index (κ3) is 4.67. The van der Waals surface area contributed by atoms with Gasteiger partial charge in [-0.15, -0.1) is 10.2 Å². The van der Waals surface area contributed by atoms with Gasteiger partial charge in [0.15, 0.2) is 0 Å². The highest BCUT2D eigenvalue weighted by Gasteiger charge is 2.12. The molecule has 114 valence electrons. The van der Waals surface area contributed by atoms with E-state index in [1.807, 2.05) is 6.92 Å². The van der Waals surface area contributed by atoms with Crippen LogP contribution < -0.4 is 0 Å². The number of rotatable bonds is 8. The average Bonchev–Trinajstić information content (AvgIpc) is 2.99. The van der Waals surface area contributed by atoms with Crippen molar-refractivity contribution in [3.63, 3.8) is 0 Å². The topological polar surface area (TPSA) is 42.2 Å². The Bertz CT molecular complexity index is 524. The Morgan fingerprint density at radius 1 is 1.10 bits per heavy atom. The van der Waals surface area contributed by atoms with Crippen molar-refractivity contribution in [2.24, 2.45) is 0 Å². The molecule has 0 fully saturated rings. The first-order valence-electron chi connectivity index (χ1n) is 7.81. The Labute approximate surface area is 127 Å². The molecule has 2 aromatic rings. The molecule has 2 rings (SSSR count). The van der Waals surface area contributed by atoms with Crippen LogP contribution in [0.3, 0.4) is 0 Å². The Morgan fingerprint density at radius 2 is 1.81 bits per heavy atom. The molecule has 0 N–H and O–H groups in total. The summed E-state index contributed by atoms with van der Waals surface area (Å²) in [6.45, 7) is 9.25. The lowest BCUT2D eigenvalue weighted by atomic mass is 9.98. The summed E-state index contributed by atoms with van der Waals surface area (Å²) < 4.78 is 5.59. The fourth-order valence-electron chi connectivity index (χ4n) is 2.36. The Kier molecular flexibility index (Phi) is 5.93. The monoisotopic (exact) mass is 287 g/mol. The maximum absolute atomic E-state index is 5.59. The van der Waals surface area contributed by atoms with E-state index in [1.54, 1.807) is 0 Å². The summed E-state index contributed by atoms with van der Waals surface area (Å²) in [5, 5.41) is 8.12. The van der Waals surface area contributed by atoms with Gasteiger partial charge in [0.25, 0.3) is 0 Å². The molecule has 0 spiro atoms. The van der Waals surface area contributed by atoms with E-state index in [0.717, 1.165) is 44.3 Å². The first kappa shape index (κ1) is 15.7. The van der Waals surface area contributed by atoms with Gasteiger partial charge in [-0.25, -0.2) is 0 Å². The van der Waals surface area contributed by atoms with Crippen LogP contribution in [0.5, 0.6) is 0 Å². The normalized spacial score (nSPS) is 12.8. The van der Waals surface area contributed by atoms with E-state index >= 15 is 0 Å². The lowest BCUT2D eigenvalue weighted by molar-refractivity contribution is 0.240. The minimum absolute atomic E-state index is 0.564. The molecule has 0 radical (unpaired) electrons. The molecule has 1 unspecified atom stereocenters. The fraction of sp³-hybridized carbons (Fsp3) is 0.529. The van der Waals surface area contributed by atoms with Gasteiger partial charge in [-0.1, -0.05) is 51.1 Å². The number of nitrogens with zero attached hydrogens (tertiary/aromatic N) is 3. The van der Waals surface area contributed by atoms with Gasteiger partial charge in [0, 0.05) is 6.42 Å². The molecular formula is C17H25N3O. The Balaban J connectivity index is 1.84. The minimum atomic E-state index is 0.564. The van der Waals surface area contributed by atoms with Crippen molar-refractivity contribution in [2.45, 2.75) is 46.1 Å². The number of hydrogen-bond acceptors (Lipinski definition) is 4. The van der Waals surface area contributed by atoms with Crippen molar-refractivity contribution in [3.05, 3.63) is 47.7 Å². The van der Waals surface area contributed by atoms with Gasteiger partial charge in [-0.05, 0) is 31.0 Å². The smallest absolute Gasteiger partial charge is 0.230 e. The van der Waals surface area contributed by atoms with E-state index in [2.05, 4.69) is 59.3 Å². The molecular weight excluding hydrogens is 262 g/mol. The standard InChI is InChI=1S/C17H25N3O/c1-4-16-18-19-17(21-16)13-20(5-2)12-11-14(3)15-9-7-6-8-10-15/h6-10,14H,4-5,11-13H2,1-3H3. The maximum atomic E-state index is 5.59. The van der Waals surface area contributed by atoms with E-state index in [1.165, 1.54) is 5.56 Å². The van der Waals surface area contributed by atoms with Gasteiger partial charge < -0.3 is 4.42 Å². The quantitative estimate of drug-likeness (QED) is 0.743. The van der Waals surface area contributed by atoms with E-state index in [0.29, 0.717) is 5.92 Å². The summed E-state index contributed by atoms with van der Waals surface area (Å²) in [6.07, 6.45) is 1.93. The molecule has 21 heavy (non-hydrogen) atoms. The molecule has 0 aliphatic carbocycles. The Morgan fingerprint density at radius 3 is 2.43 bits per heavy atom. The summed E-state index contributed by atoms with van der Waals surface area (Å²) >= 11 is 0. The predicted octanol–water partition coefficient (Wildman–Crippen LogP) is 3.65. The number of hydrogen-bond donors (Lipinski definition) is 0. The zero-order valence-electron chi connectivity index (χ0n) is 13.2. The van der Waals surface area contributed by atoms with Crippen molar-refractivity contribution in [3.8, 4) is 0 Å². The largest absolute Gasteiger partial charge is 0.424 e. The van der Waals surface area contributed by atoms with Crippen LogP contribution in [0.4, 0.5) is 0 Å². The molecule has 1 aromatic heterocycles. The molecule has 4 heteroatoms. The third-order valence-corrected chi connectivity index (χ3v) is 3.86. The van der Waals surface area contributed by atoms with Gasteiger partial charge in [0.1, 0.15) is 0 Å². The summed E-state index contributed by atoms with van der Waals surface area (Å²) in [4.78, 5) is 2.35. The number of aryl methyl sites for hydroxylation is 1. The van der Waals surface area contributed by atoms with Gasteiger partial charge in [0.2, 0.25) is 11.8 Å². The lowest BCUT2D eigenvalue weighted by Gasteiger charge is -2.21. The van der Waals surface area contributed by atoms with Gasteiger partial charge >= 0.3 is 0 Å². The highest BCUT2D eigenvalue weighted by Crippen LogP contribution is 2.19. The van der Waals surface area contributed by atoms with Gasteiger partial charge in [-0.2, -0.15) is 0 Å². The molecule has 0 aliphatic heterocycles. The van der Waals surface area contributed by atoms with Crippen molar-refractivity contribution >= 4 is 0 Å². The van der Waals surface area contributed by atoms with Crippen molar-refractivity contribution < 1.29 is 4.42 Å². The first-order chi connectivity index (χ1) is 10.2. The molecule has 0 saturated carbocycles. The van der Waals surface area contributed by atoms with E-state index < -0.39 is 0 Å². The predicted molar refractivity (Wildman–Crippen MR) is 84.1 cm³/mol. The maximum Gasteiger partial charge on any atom is 0.230 e. The molecule has 4 nitrogen and oxygen atoms in total. The molecule has 1 atom stereocenters. The second-order valence-corrected chi connectivity index (χ2v) is 5.41. The zero-order valence-corrected chi connectivity index (χ0v) is 13.2. The van der Waals surface area contributed by atoms with Crippen LogP contribution in [0.15, 0.2) is 34.7 Å². The molecule has 0 aliphatic rings. The lowest BCUT2D eigenvalue weighted by Crippen LogP contribution is -2.25. The van der Waals surface area contributed by atoms with Gasteiger partial charge in [-0.3, -0.25) is 4.90 Å². The number of aromatic nitrogens is 2. The van der Waals surface area contributed by atoms with Crippen LogP contribution in [0.2, 0.25) is 0 Å². The SMILES string of the molecule is CCc1nnc(CN(CC)CCC(C)c2ccccc2)o1. The summed E-state index contributed by atoms with van der Waals surface area (Å²) in [5.41, 5.74) is 1.40. The van der Waals surface area contributed by atoms with Crippen molar-refractivity contribution in [1.82, 2.24) is 15.1 Å². The minimum Gasteiger partial charge on any atom is -0.424 e. The molecule has 1 aromatic carbocycles. The summed E-state index contributed by atoms with van der Waals surface area (Å²) in [5.74, 6) is 2.01. The van der Waals surface area contributed by atoms with E-state index in [-0.39, 0.29) is 0 Å². The first-order valence-corrected chi connectivity index (χ1v) is 7.81. The molecule has 0 saturated heterocycles. The van der Waals surface area contributed by atoms with E-state index in [4.69, 9.17) is 4.42 Å².